The third-order valence-corrected chi connectivity index (χ3v) is 5.15. The summed E-state index contributed by atoms with van der Waals surface area (Å²) in [6, 6.07) is 18.8. The Kier molecular flexibility index (Phi) is 4.34. The number of benzene rings is 2. The van der Waals surface area contributed by atoms with Gasteiger partial charge < -0.3 is 9.64 Å². The van der Waals surface area contributed by atoms with Gasteiger partial charge in [-0.3, -0.25) is 9.98 Å². The predicted octanol–water partition coefficient (Wildman–Crippen LogP) is 4.92. The normalized spacial score (nSPS) is 17.3. The number of fused-ring (bicyclic) bond motifs is 1. The molecule has 0 radical (unpaired) electrons. The first kappa shape index (κ1) is 17.5. The van der Waals surface area contributed by atoms with E-state index in [2.05, 4.69) is 67.1 Å². The first-order valence-corrected chi connectivity index (χ1v) is 9.31. The highest BCUT2D eigenvalue weighted by molar-refractivity contribution is 6.17. The van der Waals surface area contributed by atoms with Gasteiger partial charge in [-0.05, 0) is 41.8 Å². The Morgan fingerprint density at radius 1 is 1.00 bits per heavy atom. The third kappa shape index (κ3) is 3.27. The zero-order valence-corrected chi connectivity index (χ0v) is 16.3. The van der Waals surface area contributed by atoms with Crippen molar-refractivity contribution < 1.29 is 4.74 Å². The molecule has 4 heteroatoms. The lowest BCUT2D eigenvalue weighted by atomic mass is 9.87. The summed E-state index contributed by atoms with van der Waals surface area (Å²) in [5.41, 5.74) is 3.28. The van der Waals surface area contributed by atoms with Crippen molar-refractivity contribution >= 4 is 22.4 Å². The molecule has 138 valence electrons. The van der Waals surface area contributed by atoms with E-state index in [4.69, 9.17) is 9.73 Å². The molecule has 1 aliphatic heterocycles. The number of rotatable bonds is 3. The SMILES string of the molecule is COc1ccc(N2C[C@H](C(C)(C)C)N=C2c2cccc3cccnc23)cc1. The number of hydrogen-bond donors (Lipinski definition) is 0. The molecule has 0 amide bonds. The van der Waals surface area contributed by atoms with Gasteiger partial charge in [-0.15, -0.1) is 0 Å². The molecule has 1 atom stereocenters. The molecule has 1 aromatic heterocycles. The number of amidine groups is 1. The minimum atomic E-state index is 0.0878. The molecule has 0 spiro atoms. The third-order valence-electron chi connectivity index (χ3n) is 5.15. The van der Waals surface area contributed by atoms with Crippen LogP contribution in [-0.2, 0) is 0 Å². The van der Waals surface area contributed by atoms with E-state index < -0.39 is 0 Å². The van der Waals surface area contributed by atoms with Crippen molar-refractivity contribution in [2.75, 3.05) is 18.6 Å². The summed E-state index contributed by atoms with van der Waals surface area (Å²) < 4.78 is 5.32. The zero-order chi connectivity index (χ0) is 19.0. The van der Waals surface area contributed by atoms with Crippen LogP contribution in [0.2, 0.25) is 0 Å². The zero-order valence-electron chi connectivity index (χ0n) is 16.3. The number of ether oxygens (including phenoxy) is 1. The molecule has 2 aromatic carbocycles. The fourth-order valence-corrected chi connectivity index (χ4v) is 3.47. The molecule has 0 bridgehead atoms. The van der Waals surface area contributed by atoms with Gasteiger partial charge in [0.05, 0.1) is 18.7 Å². The minimum absolute atomic E-state index is 0.0878. The largest absolute Gasteiger partial charge is 0.497 e. The van der Waals surface area contributed by atoms with Crippen molar-refractivity contribution in [1.29, 1.82) is 0 Å². The second-order valence-corrected chi connectivity index (χ2v) is 8.02. The van der Waals surface area contributed by atoms with Crippen LogP contribution in [0.15, 0.2) is 65.8 Å². The highest BCUT2D eigenvalue weighted by atomic mass is 16.5. The molecular formula is C23H25N3O. The smallest absolute Gasteiger partial charge is 0.138 e. The van der Waals surface area contributed by atoms with E-state index >= 15 is 0 Å². The van der Waals surface area contributed by atoms with Gasteiger partial charge in [0, 0.05) is 29.4 Å². The Labute approximate surface area is 160 Å². The molecule has 0 N–H and O–H groups in total. The van der Waals surface area contributed by atoms with Gasteiger partial charge in [-0.25, -0.2) is 0 Å². The van der Waals surface area contributed by atoms with Crippen LogP contribution >= 0.6 is 0 Å². The van der Waals surface area contributed by atoms with Crippen LogP contribution in [0, 0.1) is 5.41 Å². The summed E-state index contributed by atoms with van der Waals surface area (Å²) in [6.07, 6.45) is 1.85. The summed E-state index contributed by atoms with van der Waals surface area (Å²) in [7, 11) is 1.69. The van der Waals surface area contributed by atoms with E-state index in [0.717, 1.165) is 40.3 Å². The predicted molar refractivity (Wildman–Crippen MR) is 112 cm³/mol. The number of aromatic nitrogens is 1. The van der Waals surface area contributed by atoms with E-state index in [-0.39, 0.29) is 11.5 Å². The van der Waals surface area contributed by atoms with Crippen LogP contribution in [0.4, 0.5) is 5.69 Å². The molecular weight excluding hydrogens is 334 g/mol. The topological polar surface area (TPSA) is 37.7 Å². The molecule has 3 aromatic rings. The molecule has 0 aliphatic carbocycles. The Morgan fingerprint density at radius 2 is 1.74 bits per heavy atom. The van der Waals surface area contributed by atoms with E-state index in [0.29, 0.717) is 0 Å². The first-order chi connectivity index (χ1) is 13.0. The van der Waals surface area contributed by atoms with Crippen LogP contribution in [-0.4, -0.2) is 30.5 Å². The van der Waals surface area contributed by atoms with Gasteiger partial charge in [0.1, 0.15) is 11.6 Å². The van der Waals surface area contributed by atoms with Crippen LogP contribution in [0.1, 0.15) is 26.3 Å². The molecule has 27 heavy (non-hydrogen) atoms. The van der Waals surface area contributed by atoms with Gasteiger partial charge >= 0.3 is 0 Å². The number of para-hydroxylation sites is 1. The number of nitrogens with zero attached hydrogens (tertiary/aromatic N) is 3. The second kappa shape index (κ2) is 6.69. The van der Waals surface area contributed by atoms with Gasteiger partial charge in [-0.2, -0.15) is 0 Å². The van der Waals surface area contributed by atoms with Crippen molar-refractivity contribution in [3.8, 4) is 5.75 Å². The van der Waals surface area contributed by atoms with E-state index in [1.165, 1.54) is 0 Å². The first-order valence-electron chi connectivity index (χ1n) is 9.31. The van der Waals surface area contributed by atoms with Gasteiger partial charge in [-0.1, -0.05) is 39.0 Å². The van der Waals surface area contributed by atoms with Crippen molar-refractivity contribution in [3.63, 3.8) is 0 Å². The molecule has 4 rings (SSSR count). The minimum Gasteiger partial charge on any atom is -0.497 e. The highest BCUT2D eigenvalue weighted by Crippen LogP contribution is 2.33. The lowest BCUT2D eigenvalue weighted by Crippen LogP contribution is -2.34. The Hall–Kier alpha value is -2.88. The Morgan fingerprint density at radius 3 is 2.44 bits per heavy atom. The quantitative estimate of drug-likeness (QED) is 0.666. The van der Waals surface area contributed by atoms with Crippen molar-refractivity contribution in [2.24, 2.45) is 10.4 Å². The summed E-state index contributed by atoms with van der Waals surface area (Å²) in [5, 5.41) is 1.13. The molecule has 0 unspecified atom stereocenters. The maximum Gasteiger partial charge on any atom is 0.138 e. The molecule has 0 saturated carbocycles. The number of anilines is 1. The van der Waals surface area contributed by atoms with Crippen LogP contribution in [0.5, 0.6) is 5.75 Å². The fraction of sp³-hybridized carbons (Fsp3) is 0.304. The molecule has 0 saturated heterocycles. The van der Waals surface area contributed by atoms with Crippen LogP contribution in [0.3, 0.4) is 0 Å². The standard InChI is InChI=1S/C23H25N3O/c1-23(2,3)20-15-26(17-10-12-18(27-4)13-11-17)22(25-20)19-9-5-7-16-8-6-14-24-21(16)19/h5-14,20H,15H2,1-4H3/t20-/m1/s1. The molecule has 0 fully saturated rings. The summed E-state index contributed by atoms with van der Waals surface area (Å²) in [6.45, 7) is 7.60. The lowest BCUT2D eigenvalue weighted by Gasteiger charge is -2.26. The molecule has 1 aliphatic rings. The van der Waals surface area contributed by atoms with Gasteiger partial charge in [0.15, 0.2) is 0 Å². The number of aliphatic imine (C=N–C) groups is 1. The molecule has 2 heterocycles. The summed E-state index contributed by atoms with van der Waals surface area (Å²) in [4.78, 5) is 12.1. The number of pyridine rings is 1. The Balaban J connectivity index is 1.84. The Bertz CT molecular complexity index is 981. The van der Waals surface area contributed by atoms with Crippen LogP contribution < -0.4 is 9.64 Å². The van der Waals surface area contributed by atoms with Gasteiger partial charge in [0.2, 0.25) is 0 Å². The van der Waals surface area contributed by atoms with Crippen molar-refractivity contribution in [1.82, 2.24) is 4.98 Å². The lowest BCUT2D eigenvalue weighted by molar-refractivity contribution is 0.337. The summed E-state index contributed by atoms with van der Waals surface area (Å²) in [5.74, 6) is 1.85. The maximum absolute atomic E-state index is 5.32. The van der Waals surface area contributed by atoms with Crippen LogP contribution in [0.25, 0.3) is 10.9 Å². The number of methoxy groups -OCH3 is 1. The van der Waals surface area contributed by atoms with E-state index in [1.807, 2.05) is 24.4 Å². The number of hydrogen-bond acceptors (Lipinski definition) is 4. The van der Waals surface area contributed by atoms with Gasteiger partial charge in [0.25, 0.3) is 0 Å². The average Bonchev–Trinajstić information content (AvgIpc) is 3.13. The average molecular weight is 359 g/mol. The summed E-state index contributed by atoms with van der Waals surface area (Å²) >= 11 is 0. The highest BCUT2D eigenvalue weighted by Gasteiger charge is 2.35. The van der Waals surface area contributed by atoms with E-state index in [1.54, 1.807) is 7.11 Å². The van der Waals surface area contributed by atoms with Crippen molar-refractivity contribution in [3.05, 3.63) is 66.4 Å². The van der Waals surface area contributed by atoms with Crippen molar-refractivity contribution in [2.45, 2.75) is 26.8 Å². The molecule has 4 nitrogen and oxygen atoms in total. The van der Waals surface area contributed by atoms with E-state index in [9.17, 15) is 0 Å². The fourth-order valence-electron chi connectivity index (χ4n) is 3.47. The second-order valence-electron chi connectivity index (χ2n) is 8.02. The monoisotopic (exact) mass is 359 g/mol. The maximum atomic E-state index is 5.32.